The molecule has 0 radical (unpaired) electrons. The van der Waals surface area contributed by atoms with E-state index in [2.05, 4.69) is 21.2 Å². The molecule has 0 bridgehead atoms. The summed E-state index contributed by atoms with van der Waals surface area (Å²) in [5.74, 6) is 0.0163. The number of nitrogens with zero attached hydrogens (tertiary/aromatic N) is 2. The van der Waals surface area contributed by atoms with Crippen LogP contribution in [0.2, 0.25) is 0 Å². The van der Waals surface area contributed by atoms with Crippen LogP contribution in [-0.2, 0) is 32.6 Å². The van der Waals surface area contributed by atoms with Gasteiger partial charge in [0.25, 0.3) is 10.0 Å². The van der Waals surface area contributed by atoms with E-state index in [0.717, 1.165) is 19.9 Å². The predicted octanol–water partition coefficient (Wildman–Crippen LogP) is 5.97. The molecule has 2 amide bonds. The van der Waals surface area contributed by atoms with Crippen molar-refractivity contribution in [2.24, 2.45) is 0 Å². The van der Waals surface area contributed by atoms with Crippen LogP contribution in [0.4, 0.5) is 5.69 Å². The molecule has 1 aliphatic rings. The first-order valence-electron chi connectivity index (χ1n) is 15.5. The Labute approximate surface area is 284 Å². The number of fused-ring (bicyclic) bond motifs is 1. The summed E-state index contributed by atoms with van der Waals surface area (Å²) in [5, 5.41) is 3.05. The summed E-state index contributed by atoms with van der Waals surface area (Å²) in [6.07, 6.45) is 0.939. The van der Waals surface area contributed by atoms with E-state index in [0.29, 0.717) is 31.1 Å². The van der Waals surface area contributed by atoms with Crippen molar-refractivity contribution >= 4 is 43.5 Å². The summed E-state index contributed by atoms with van der Waals surface area (Å²) in [6, 6.07) is 28.7. The van der Waals surface area contributed by atoms with Crippen molar-refractivity contribution in [3.63, 3.8) is 0 Å². The van der Waals surface area contributed by atoms with Crippen molar-refractivity contribution in [1.82, 2.24) is 10.2 Å². The third-order valence-corrected chi connectivity index (χ3v) is 10.2. The number of amides is 2. The Morgan fingerprint density at radius 1 is 0.851 bits per heavy atom. The third kappa shape index (κ3) is 8.52. The number of nitrogens with one attached hydrogen (secondary N) is 1. The van der Waals surface area contributed by atoms with Crippen molar-refractivity contribution in [3.05, 3.63) is 119 Å². The summed E-state index contributed by atoms with van der Waals surface area (Å²) in [7, 11) is -4.24. The molecule has 47 heavy (non-hydrogen) atoms. The van der Waals surface area contributed by atoms with E-state index in [1.165, 1.54) is 17.0 Å². The monoisotopic (exact) mass is 719 g/mol. The fourth-order valence-electron chi connectivity index (χ4n) is 5.26. The van der Waals surface area contributed by atoms with Gasteiger partial charge in [-0.25, -0.2) is 8.42 Å². The van der Waals surface area contributed by atoms with Gasteiger partial charge in [-0.2, -0.15) is 0 Å². The van der Waals surface area contributed by atoms with Gasteiger partial charge in [-0.05, 0) is 60.9 Å². The van der Waals surface area contributed by atoms with Crippen LogP contribution < -0.4 is 19.1 Å². The highest BCUT2D eigenvalue weighted by Gasteiger charge is 2.35. The summed E-state index contributed by atoms with van der Waals surface area (Å²) in [5.41, 5.74) is 1.88. The van der Waals surface area contributed by atoms with E-state index in [1.54, 1.807) is 36.4 Å². The third-order valence-electron chi connectivity index (χ3n) is 7.94. The minimum Gasteiger partial charge on any atom is -0.486 e. The molecule has 0 unspecified atom stereocenters. The number of ether oxygens (including phenoxy) is 2. The molecule has 4 aromatic carbocycles. The van der Waals surface area contributed by atoms with Crippen LogP contribution in [0.1, 0.15) is 31.4 Å². The van der Waals surface area contributed by atoms with Gasteiger partial charge >= 0.3 is 0 Å². The number of halogens is 1. The van der Waals surface area contributed by atoms with Crippen LogP contribution in [0, 0.1) is 0 Å². The Balaban J connectivity index is 1.59. The zero-order valence-electron chi connectivity index (χ0n) is 26.3. The number of sulfonamides is 1. The second-order valence-corrected chi connectivity index (χ2v) is 14.1. The molecule has 0 fully saturated rings. The Morgan fingerprint density at radius 2 is 1.51 bits per heavy atom. The van der Waals surface area contributed by atoms with Crippen molar-refractivity contribution < 1.29 is 27.5 Å². The molecule has 246 valence electrons. The number of rotatable bonds is 13. The number of hydrogen-bond donors (Lipinski definition) is 1. The molecule has 0 aliphatic carbocycles. The van der Waals surface area contributed by atoms with Crippen LogP contribution in [-0.4, -0.2) is 57.0 Å². The van der Waals surface area contributed by atoms with Gasteiger partial charge in [0.2, 0.25) is 11.8 Å². The van der Waals surface area contributed by atoms with Gasteiger partial charge in [-0.3, -0.25) is 13.9 Å². The van der Waals surface area contributed by atoms with Crippen molar-refractivity contribution in [1.29, 1.82) is 0 Å². The highest BCUT2D eigenvalue weighted by Crippen LogP contribution is 2.36. The van der Waals surface area contributed by atoms with Crippen LogP contribution in [0.5, 0.6) is 11.5 Å². The van der Waals surface area contributed by atoms with E-state index in [9.17, 15) is 18.0 Å². The summed E-state index contributed by atoms with van der Waals surface area (Å²) in [4.78, 5) is 30.1. The molecule has 4 aromatic rings. The topological polar surface area (TPSA) is 105 Å². The molecule has 1 heterocycles. The molecule has 1 N–H and O–H groups in total. The molecule has 0 aromatic heterocycles. The summed E-state index contributed by atoms with van der Waals surface area (Å²) < 4.78 is 41.8. The largest absolute Gasteiger partial charge is 0.486 e. The Bertz CT molecular complexity index is 1790. The number of benzene rings is 4. The lowest BCUT2D eigenvalue weighted by atomic mass is 10.0. The highest BCUT2D eigenvalue weighted by atomic mass is 79.9. The summed E-state index contributed by atoms with van der Waals surface area (Å²) in [6.45, 7) is 4.09. The fraction of sp³-hybridized carbons (Fsp3) is 0.278. The smallest absolute Gasteiger partial charge is 0.264 e. The van der Waals surface area contributed by atoms with E-state index >= 15 is 0 Å². The van der Waals surface area contributed by atoms with Gasteiger partial charge in [-0.1, -0.05) is 83.5 Å². The van der Waals surface area contributed by atoms with E-state index in [1.807, 2.05) is 68.4 Å². The maximum absolute atomic E-state index is 14.6. The molecular formula is C36H38BrN3O6S. The van der Waals surface area contributed by atoms with Gasteiger partial charge in [-0.15, -0.1) is 0 Å². The molecule has 0 spiro atoms. The first-order valence-corrected chi connectivity index (χ1v) is 17.7. The van der Waals surface area contributed by atoms with Gasteiger partial charge in [0.15, 0.2) is 11.5 Å². The zero-order valence-corrected chi connectivity index (χ0v) is 28.7. The van der Waals surface area contributed by atoms with Crippen molar-refractivity contribution in [3.8, 4) is 11.5 Å². The second kappa shape index (κ2) is 15.5. The number of carbonyl (C=O) groups excluding carboxylic acids is 2. The van der Waals surface area contributed by atoms with Crippen LogP contribution >= 0.6 is 15.9 Å². The standard InChI is InChI=1S/C36H38BrN3O6S/c1-3-26(2)38-36(42)32(22-27-11-6-4-7-12-27)39(24-28-13-10-14-29(37)21-28)35(41)25-40(47(43,44)31-15-8-5-9-16-31)30-17-18-33-34(23-30)46-20-19-45-33/h4-18,21,23,26,32H,3,19-20,22,24-25H2,1-2H3,(H,38,42)/t26-,32+/m1/s1. The van der Waals surface area contributed by atoms with Gasteiger partial charge in [0, 0.05) is 29.5 Å². The van der Waals surface area contributed by atoms with Gasteiger partial charge in [0.1, 0.15) is 25.8 Å². The summed E-state index contributed by atoms with van der Waals surface area (Å²) >= 11 is 3.51. The number of carbonyl (C=O) groups is 2. The van der Waals surface area contributed by atoms with Crippen LogP contribution in [0.15, 0.2) is 112 Å². The molecule has 0 saturated heterocycles. The highest BCUT2D eigenvalue weighted by molar-refractivity contribution is 9.10. The van der Waals surface area contributed by atoms with Crippen molar-refractivity contribution in [2.45, 2.75) is 50.2 Å². The van der Waals surface area contributed by atoms with E-state index < -0.39 is 28.5 Å². The second-order valence-electron chi connectivity index (χ2n) is 11.3. The molecule has 2 atom stereocenters. The Kier molecular flexibility index (Phi) is 11.2. The SMILES string of the molecule is CC[C@@H](C)NC(=O)[C@H](Cc1ccccc1)N(Cc1cccc(Br)c1)C(=O)CN(c1ccc2c(c1)OCCO2)S(=O)(=O)c1ccccc1. The minimum atomic E-state index is -4.24. The van der Waals surface area contributed by atoms with Gasteiger partial charge < -0.3 is 19.7 Å². The first kappa shape index (κ1) is 34.0. The normalized spacial score (nSPS) is 13.7. The Hall–Kier alpha value is -4.35. The van der Waals surface area contributed by atoms with Crippen LogP contribution in [0.3, 0.4) is 0 Å². The molecular weight excluding hydrogens is 682 g/mol. The van der Waals surface area contributed by atoms with Crippen molar-refractivity contribution in [2.75, 3.05) is 24.1 Å². The molecule has 1 aliphatic heterocycles. The van der Waals surface area contributed by atoms with Gasteiger partial charge in [0.05, 0.1) is 10.6 Å². The quantitative estimate of drug-likeness (QED) is 0.183. The molecule has 0 saturated carbocycles. The maximum atomic E-state index is 14.6. The lowest BCUT2D eigenvalue weighted by molar-refractivity contribution is -0.140. The number of anilines is 1. The molecule has 11 heteroatoms. The first-order chi connectivity index (χ1) is 22.7. The Morgan fingerprint density at radius 3 is 2.19 bits per heavy atom. The zero-order chi connectivity index (χ0) is 33.4. The number of hydrogen-bond acceptors (Lipinski definition) is 6. The lowest BCUT2D eigenvalue weighted by Crippen LogP contribution is -2.54. The molecule has 5 rings (SSSR count). The predicted molar refractivity (Wildman–Crippen MR) is 185 cm³/mol. The van der Waals surface area contributed by atoms with E-state index in [-0.39, 0.29) is 35.5 Å². The van der Waals surface area contributed by atoms with E-state index in [4.69, 9.17) is 9.47 Å². The minimum absolute atomic E-state index is 0.0246. The van der Waals surface area contributed by atoms with Crippen LogP contribution in [0.25, 0.3) is 0 Å². The lowest BCUT2D eigenvalue weighted by Gasteiger charge is -2.34. The molecule has 9 nitrogen and oxygen atoms in total. The maximum Gasteiger partial charge on any atom is 0.264 e. The average molecular weight is 721 g/mol. The fourth-order valence-corrected chi connectivity index (χ4v) is 7.14. The average Bonchev–Trinajstić information content (AvgIpc) is 3.09.